The molecule has 5 nitrogen and oxygen atoms in total. The van der Waals surface area contributed by atoms with Crippen LogP contribution in [0.2, 0.25) is 0 Å². The quantitative estimate of drug-likeness (QED) is 0.819. The van der Waals surface area contributed by atoms with Crippen LogP contribution in [0.4, 0.5) is 11.4 Å². The van der Waals surface area contributed by atoms with Gasteiger partial charge in [0.05, 0.1) is 0 Å². The van der Waals surface area contributed by atoms with Gasteiger partial charge < -0.3 is 16.0 Å². The molecule has 1 aromatic heterocycles. The fourth-order valence-corrected chi connectivity index (χ4v) is 2.84. The molecule has 0 atom stereocenters. The molecule has 0 bridgehead atoms. The van der Waals surface area contributed by atoms with E-state index in [1.54, 1.807) is 18.2 Å². The minimum Gasteiger partial charge on any atom is -0.399 e. The Labute approximate surface area is 118 Å². The van der Waals surface area contributed by atoms with Crippen LogP contribution in [0.25, 0.3) is 11.5 Å². The molecule has 1 aliphatic carbocycles. The predicted molar refractivity (Wildman–Crippen MR) is 78.9 cm³/mol. The van der Waals surface area contributed by atoms with Crippen LogP contribution in [0.3, 0.4) is 0 Å². The molecule has 1 aromatic carbocycles. The number of nitrogens with two attached hydrogens (primary N) is 2. The Hall–Kier alpha value is -2.04. The monoisotopic (exact) mass is 272 g/mol. The smallest absolute Gasteiger partial charge is 0.258 e. The Balaban J connectivity index is 1.83. The van der Waals surface area contributed by atoms with Crippen molar-refractivity contribution in [1.29, 1.82) is 0 Å². The van der Waals surface area contributed by atoms with Crippen molar-refractivity contribution in [3.63, 3.8) is 0 Å². The number of aromatic nitrogens is 2. The van der Waals surface area contributed by atoms with E-state index in [1.807, 2.05) is 0 Å². The van der Waals surface area contributed by atoms with E-state index in [4.69, 9.17) is 16.0 Å². The first-order chi connectivity index (χ1) is 9.61. The maximum atomic E-state index is 5.79. The number of nitrogens with zero attached hydrogens (tertiary/aromatic N) is 2. The zero-order valence-corrected chi connectivity index (χ0v) is 11.7. The lowest BCUT2D eigenvalue weighted by Crippen LogP contribution is -2.11. The van der Waals surface area contributed by atoms with E-state index in [9.17, 15) is 0 Å². The molecule has 1 saturated carbocycles. The summed E-state index contributed by atoms with van der Waals surface area (Å²) in [6.45, 7) is 2.30. The van der Waals surface area contributed by atoms with Gasteiger partial charge in [-0.2, -0.15) is 4.98 Å². The standard InChI is InChI=1S/C15H20N4O/c1-9-2-4-10(5-3-9)14-18-15(20-19-14)11-6-12(16)8-13(17)7-11/h6-10H,2-5,16-17H2,1H3. The van der Waals surface area contributed by atoms with Crippen molar-refractivity contribution < 1.29 is 4.52 Å². The Morgan fingerprint density at radius 3 is 2.35 bits per heavy atom. The lowest BCUT2D eigenvalue weighted by Gasteiger charge is -2.23. The van der Waals surface area contributed by atoms with Gasteiger partial charge in [0.1, 0.15) is 0 Å². The van der Waals surface area contributed by atoms with E-state index in [-0.39, 0.29) is 0 Å². The molecule has 0 radical (unpaired) electrons. The maximum absolute atomic E-state index is 5.79. The van der Waals surface area contributed by atoms with Crippen molar-refractivity contribution in [1.82, 2.24) is 10.1 Å². The number of rotatable bonds is 2. The van der Waals surface area contributed by atoms with Crippen molar-refractivity contribution in [3.8, 4) is 11.5 Å². The lowest BCUT2D eigenvalue weighted by molar-refractivity contribution is 0.329. The zero-order chi connectivity index (χ0) is 14.1. The van der Waals surface area contributed by atoms with E-state index in [0.717, 1.165) is 30.1 Å². The summed E-state index contributed by atoms with van der Waals surface area (Å²) in [5.41, 5.74) is 13.6. The van der Waals surface area contributed by atoms with Crippen LogP contribution in [0.1, 0.15) is 44.3 Å². The molecule has 106 valence electrons. The van der Waals surface area contributed by atoms with Crippen molar-refractivity contribution in [2.75, 3.05) is 11.5 Å². The van der Waals surface area contributed by atoms with Gasteiger partial charge >= 0.3 is 0 Å². The largest absolute Gasteiger partial charge is 0.399 e. The van der Waals surface area contributed by atoms with E-state index in [1.165, 1.54) is 12.8 Å². The highest BCUT2D eigenvalue weighted by atomic mass is 16.5. The minimum atomic E-state index is 0.419. The summed E-state index contributed by atoms with van der Waals surface area (Å²) in [4.78, 5) is 4.52. The van der Waals surface area contributed by atoms with Crippen LogP contribution in [-0.2, 0) is 0 Å². The topological polar surface area (TPSA) is 91.0 Å². The molecule has 0 spiro atoms. The summed E-state index contributed by atoms with van der Waals surface area (Å²) in [7, 11) is 0. The highest BCUT2D eigenvalue weighted by Gasteiger charge is 2.24. The highest BCUT2D eigenvalue weighted by Crippen LogP contribution is 2.35. The average Bonchev–Trinajstić information content (AvgIpc) is 2.88. The summed E-state index contributed by atoms with van der Waals surface area (Å²) in [5.74, 6) is 2.54. The van der Waals surface area contributed by atoms with Gasteiger partial charge in [0.15, 0.2) is 5.82 Å². The van der Waals surface area contributed by atoms with E-state index < -0.39 is 0 Å². The number of hydrogen-bond donors (Lipinski definition) is 2. The van der Waals surface area contributed by atoms with Gasteiger partial charge in [-0.1, -0.05) is 24.9 Å². The number of anilines is 2. The van der Waals surface area contributed by atoms with Crippen LogP contribution < -0.4 is 11.5 Å². The molecular weight excluding hydrogens is 252 g/mol. The maximum Gasteiger partial charge on any atom is 0.258 e. The van der Waals surface area contributed by atoms with Gasteiger partial charge in [-0.05, 0) is 37.0 Å². The highest BCUT2D eigenvalue weighted by molar-refractivity contribution is 5.67. The van der Waals surface area contributed by atoms with Crippen LogP contribution in [0.15, 0.2) is 22.7 Å². The van der Waals surface area contributed by atoms with Crippen LogP contribution in [-0.4, -0.2) is 10.1 Å². The van der Waals surface area contributed by atoms with E-state index in [0.29, 0.717) is 23.2 Å². The van der Waals surface area contributed by atoms with Crippen molar-refractivity contribution in [3.05, 3.63) is 24.0 Å². The van der Waals surface area contributed by atoms with Crippen molar-refractivity contribution >= 4 is 11.4 Å². The summed E-state index contributed by atoms with van der Waals surface area (Å²) >= 11 is 0. The first kappa shape index (κ1) is 13.0. The van der Waals surface area contributed by atoms with Gasteiger partial charge in [-0.15, -0.1) is 0 Å². The Kier molecular flexibility index (Phi) is 3.34. The molecule has 3 rings (SSSR count). The van der Waals surface area contributed by atoms with Gasteiger partial charge in [-0.25, -0.2) is 0 Å². The summed E-state index contributed by atoms with van der Waals surface area (Å²) in [6, 6.07) is 5.32. The SMILES string of the molecule is CC1CCC(c2noc(-c3cc(N)cc(N)c3)n2)CC1. The summed E-state index contributed by atoms with van der Waals surface area (Å²) in [5, 5.41) is 4.13. The van der Waals surface area contributed by atoms with Crippen LogP contribution in [0, 0.1) is 5.92 Å². The van der Waals surface area contributed by atoms with Gasteiger partial charge in [0.2, 0.25) is 0 Å². The van der Waals surface area contributed by atoms with E-state index in [2.05, 4.69) is 17.1 Å². The molecule has 4 N–H and O–H groups in total. The predicted octanol–water partition coefficient (Wildman–Crippen LogP) is 3.19. The lowest BCUT2D eigenvalue weighted by atomic mass is 9.83. The molecule has 0 unspecified atom stereocenters. The van der Waals surface area contributed by atoms with Gasteiger partial charge in [-0.3, -0.25) is 0 Å². The molecule has 20 heavy (non-hydrogen) atoms. The molecule has 1 fully saturated rings. The van der Waals surface area contributed by atoms with Gasteiger partial charge in [0.25, 0.3) is 5.89 Å². The Bertz CT molecular complexity index is 579. The fraction of sp³-hybridized carbons (Fsp3) is 0.467. The second kappa shape index (κ2) is 5.15. The molecule has 0 saturated heterocycles. The first-order valence-corrected chi connectivity index (χ1v) is 7.12. The van der Waals surface area contributed by atoms with Crippen LogP contribution in [0.5, 0.6) is 0 Å². The van der Waals surface area contributed by atoms with E-state index >= 15 is 0 Å². The molecule has 1 heterocycles. The Morgan fingerprint density at radius 1 is 1.05 bits per heavy atom. The zero-order valence-electron chi connectivity index (χ0n) is 11.7. The molecule has 5 heteroatoms. The summed E-state index contributed by atoms with van der Waals surface area (Å²) < 4.78 is 5.37. The third-order valence-corrected chi connectivity index (χ3v) is 4.05. The molecule has 0 aliphatic heterocycles. The second-order valence-corrected chi connectivity index (χ2v) is 5.80. The third kappa shape index (κ3) is 2.61. The van der Waals surface area contributed by atoms with Crippen molar-refractivity contribution in [2.24, 2.45) is 5.92 Å². The van der Waals surface area contributed by atoms with Crippen LogP contribution >= 0.6 is 0 Å². The first-order valence-electron chi connectivity index (χ1n) is 7.12. The Morgan fingerprint density at radius 2 is 1.70 bits per heavy atom. The third-order valence-electron chi connectivity index (χ3n) is 4.05. The molecule has 0 amide bonds. The number of nitrogen functional groups attached to an aromatic ring is 2. The number of hydrogen-bond acceptors (Lipinski definition) is 5. The summed E-state index contributed by atoms with van der Waals surface area (Å²) in [6.07, 6.45) is 4.75. The van der Waals surface area contributed by atoms with Gasteiger partial charge in [0, 0.05) is 22.9 Å². The average molecular weight is 272 g/mol. The fourth-order valence-electron chi connectivity index (χ4n) is 2.84. The normalized spacial score (nSPS) is 22.9. The minimum absolute atomic E-state index is 0.419. The molecular formula is C15H20N4O. The second-order valence-electron chi connectivity index (χ2n) is 5.80. The van der Waals surface area contributed by atoms with Crippen molar-refractivity contribution in [2.45, 2.75) is 38.5 Å². The molecule has 1 aliphatic rings. The number of benzene rings is 1. The molecule has 2 aromatic rings.